The molecule has 5 heteroatoms. The van der Waals surface area contributed by atoms with Crippen molar-refractivity contribution in [2.24, 2.45) is 0 Å². The third-order valence-corrected chi connectivity index (χ3v) is 3.86. The molecular weight excluding hydrogens is 324 g/mol. The molecule has 5 nitrogen and oxygen atoms in total. The van der Waals surface area contributed by atoms with Crippen LogP contribution in [0.15, 0.2) is 54.7 Å². The highest BCUT2D eigenvalue weighted by molar-refractivity contribution is 5.45. The number of hydrogen-bond donors (Lipinski definition) is 2. The Labute approximate surface area is 155 Å². The lowest BCUT2D eigenvalue weighted by Gasteiger charge is -2.11. The molecule has 26 heavy (non-hydrogen) atoms. The lowest BCUT2D eigenvalue weighted by molar-refractivity contribution is 0.306. The van der Waals surface area contributed by atoms with Gasteiger partial charge in [0.25, 0.3) is 0 Å². The van der Waals surface area contributed by atoms with Crippen molar-refractivity contribution in [1.29, 1.82) is 0 Å². The molecule has 3 rings (SSSR count). The first-order valence-corrected chi connectivity index (χ1v) is 8.75. The third kappa shape index (κ3) is 5.21. The molecule has 0 fully saturated rings. The van der Waals surface area contributed by atoms with Crippen LogP contribution in [0.25, 0.3) is 0 Å². The Morgan fingerprint density at radius 2 is 1.69 bits per heavy atom. The highest BCUT2D eigenvalue weighted by Crippen LogP contribution is 2.20. The van der Waals surface area contributed by atoms with Crippen molar-refractivity contribution in [1.82, 2.24) is 9.97 Å². The van der Waals surface area contributed by atoms with E-state index in [2.05, 4.69) is 35.1 Å². The van der Waals surface area contributed by atoms with Gasteiger partial charge in [0.15, 0.2) is 0 Å². The minimum atomic E-state index is 0.193. The van der Waals surface area contributed by atoms with E-state index in [0.29, 0.717) is 18.8 Å². The van der Waals surface area contributed by atoms with Crippen molar-refractivity contribution in [3.8, 4) is 5.75 Å². The zero-order valence-electron chi connectivity index (χ0n) is 15.6. The predicted molar refractivity (Wildman–Crippen MR) is 107 cm³/mol. The summed E-state index contributed by atoms with van der Waals surface area (Å²) in [6.07, 6.45) is 2.35. The fourth-order valence-corrected chi connectivity index (χ4v) is 2.46. The molecule has 0 radical (unpaired) electrons. The van der Waals surface area contributed by atoms with Crippen molar-refractivity contribution in [3.05, 3.63) is 77.0 Å². The van der Waals surface area contributed by atoms with Gasteiger partial charge >= 0.3 is 0 Å². The number of ether oxygens (including phenoxy) is 1. The highest BCUT2D eigenvalue weighted by atomic mass is 16.5. The van der Waals surface area contributed by atoms with E-state index in [-0.39, 0.29) is 5.95 Å². The molecule has 136 valence electrons. The quantitative estimate of drug-likeness (QED) is 0.722. The largest absolute Gasteiger partial charge is 0.489 e. The van der Waals surface area contributed by atoms with Crippen LogP contribution in [0.1, 0.15) is 36.1 Å². The zero-order valence-corrected chi connectivity index (χ0v) is 15.6. The monoisotopic (exact) mass is 350 g/mol. The van der Waals surface area contributed by atoms with E-state index < -0.39 is 0 Å². The number of rotatable bonds is 5. The van der Waals surface area contributed by atoms with Crippen LogP contribution in [0.4, 0.5) is 11.8 Å². The molecule has 0 bridgehead atoms. The molecule has 0 unspecified atom stereocenters. The normalized spacial score (nSPS) is 9.96. The van der Waals surface area contributed by atoms with E-state index in [1.54, 1.807) is 6.20 Å². The number of para-hydroxylation sites is 1. The van der Waals surface area contributed by atoms with Crippen LogP contribution in [-0.4, -0.2) is 9.97 Å². The number of hydrogen-bond acceptors (Lipinski definition) is 5. The summed E-state index contributed by atoms with van der Waals surface area (Å²) in [7, 11) is 0. The molecule has 0 saturated heterocycles. The number of benzene rings is 2. The Morgan fingerprint density at radius 1 is 0.962 bits per heavy atom. The van der Waals surface area contributed by atoms with Gasteiger partial charge in [0, 0.05) is 18.2 Å². The molecule has 0 aliphatic carbocycles. The summed E-state index contributed by atoms with van der Waals surface area (Å²) in [5.74, 6) is 1.47. The van der Waals surface area contributed by atoms with E-state index >= 15 is 0 Å². The van der Waals surface area contributed by atoms with Crippen LogP contribution in [0.2, 0.25) is 0 Å². The van der Waals surface area contributed by atoms with Gasteiger partial charge in [0.1, 0.15) is 18.2 Å². The molecule has 0 aliphatic rings. The number of nitrogen functional groups attached to an aromatic ring is 2. The van der Waals surface area contributed by atoms with Crippen molar-refractivity contribution >= 4 is 11.8 Å². The molecule has 1 aromatic heterocycles. The third-order valence-electron chi connectivity index (χ3n) is 3.86. The summed E-state index contributed by atoms with van der Waals surface area (Å²) in [4.78, 5) is 8.04. The number of nitrogens with zero attached hydrogens (tertiary/aromatic N) is 2. The lowest BCUT2D eigenvalue weighted by Crippen LogP contribution is -2.05. The average molecular weight is 350 g/mol. The van der Waals surface area contributed by atoms with Gasteiger partial charge in [0.05, 0.1) is 0 Å². The molecule has 0 spiro atoms. The first-order valence-electron chi connectivity index (χ1n) is 8.75. The summed E-state index contributed by atoms with van der Waals surface area (Å²) in [5, 5.41) is 0. The van der Waals surface area contributed by atoms with Crippen LogP contribution >= 0.6 is 0 Å². The highest BCUT2D eigenvalue weighted by Gasteiger charge is 2.07. The van der Waals surface area contributed by atoms with Crippen LogP contribution in [0.3, 0.4) is 0 Å². The predicted octanol–water partition coefficient (Wildman–Crippen LogP) is 4.15. The molecular formula is C21H26N4O. The van der Waals surface area contributed by atoms with Crippen molar-refractivity contribution in [2.75, 3.05) is 11.5 Å². The Bertz CT molecular complexity index is 835. The second-order valence-electron chi connectivity index (χ2n) is 5.68. The van der Waals surface area contributed by atoms with E-state index in [1.807, 2.05) is 44.2 Å². The van der Waals surface area contributed by atoms with E-state index in [4.69, 9.17) is 16.2 Å². The Kier molecular flexibility index (Phi) is 6.97. The van der Waals surface area contributed by atoms with Crippen molar-refractivity contribution in [3.63, 3.8) is 0 Å². The second kappa shape index (κ2) is 9.42. The fraction of sp³-hybridized carbons (Fsp3) is 0.238. The average Bonchev–Trinajstić information content (AvgIpc) is 2.67. The molecule has 2 aromatic carbocycles. The van der Waals surface area contributed by atoms with E-state index in [1.165, 1.54) is 11.1 Å². The molecule has 0 amide bonds. The maximum Gasteiger partial charge on any atom is 0.221 e. The maximum absolute atomic E-state index is 5.94. The van der Waals surface area contributed by atoms with Gasteiger partial charge < -0.3 is 16.2 Å². The number of aromatic nitrogens is 2. The summed E-state index contributed by atoms with van der Waals surface area (Å²) in [6, 6.07) is 16.1. The van der Waals surface area contributed by atoms with Gasteiger partial charge in [-0.05, 0) is 35.7 Å². The Balaban J connectivity index is 0.00000117. The smallest absolute Gasteiger partial charge is 0.221 e. The SMILES string of the molecule is CC.Cc1ccc(COc2ccccc2)cc1Cc1cnc(N)nc1N. The molecule has 1 heterocycles. The molecule has 4 N–H and O–H groups in total. The summed E-state index contributed by atoms with van der Waals surface area (Å²) in [6.45, 7) is 6.59. The molecule has 0 atom stereocenters. The van der Waals surface area contributed by atoms with Crippen LogP contribution in [-0.2, 0) is 13.0 Å². The summed E-state index contributed by atoms with van der Waals surface area (Å²) in [5.41, 5.74) is 15.8. The molecule has 0 aliphatic heterocycles. The number of anilines is 2. The summed E-state index contributed by atoms with van der Waals surface area (Å²) >= 11 is 0. The van der Waals surface area contributed by atoms with Crippen LogP contribution in [0, 0.1) is 6.92 Å². The molecule has 3 aromatic rings. The zero-order chi connectivity index (χ0) is 18.9. The van der Waals surface area contributed by atoms with Crippen molar-refractivity contribution in [2.45, 2.75) is 33.8 Å². The van der Waals surface area contributed by atoms with Gasteiger partial charge in [-0.15, -0.1) is 0 Å². The van der Waals surface area contributed by atoms with Crippen molar-refractivity contribution < 1.29 is 4.74 Å². The molecule has 0 saturated carbocycles. The number of aryl methyl sites for hydroxylation is 1. The van der Waals surface area contributed by atoms with Gasteiger partial charge in [-0.3, -0.25) is 0 Å². The van der Waals surface area contributed by atoms with Gasteiger partial charge in [-0.25, -0.2) is 4.98 Å². The maximum atomic E-state index is 5.94. The van der Waals surface area contributed by atoms with Gasteiger partial charge in [-0.1, -0.05) is 50.2 Å². The number of nitrogens with two attached hydrogens (primary N) is 2. The summed E-state index contributed by atoms with van der Waals surface area (Å²) < 4.78 is 5.81. The standard InChI is InChI=1S/C19H20N4O.C2H6/c1-13-7-8-14(12-24-17-5-3-2-4-6-17)9-15(13)10-16-11-22-19(21)23-18(16)20;1-2/h2-9,11H,10,12H2,1H3,(H4,20,21,22,23);1-2H3. The minimum absolute atomic E-state index is 0.193. The first kappa shape index (κ1) is 19.2. The first-order chi connectivity index (χ1) is 12.6. The van der Waals surface area contributed by atoms with Gasteiger partial charge in [-0.2, -0.15) is 4.98 Å². The topological polar surface area (TPSA) is 87.0 Å². The van der Waals surface area contributed by atoms with Crippen LogP contribution in [0.5, 0.6) is 5.75 Å². The Hall–Kier alpha value is -3.08. The van der Waals surface area contributed by atoms with Gasteiger partial charge in [0.2, 0.25) is 5.95 Å². The van der Waals surface area contributed by atoms with E-state index in [9.17, 15) is 0 Å². The Morgan fingerprint density at radius 3 is 2.38 bits per heavy atom. The minimum Gasteiger partial charge on any atom is -0.489 e. The fourth-order valence-electron chi connectivity index (χ4n) is 2.46. The lowest BCUT2D eigenvalue weighted by atomic mass is 9.99. The second-order valence-corrected chi connectivity index (χ2v) is 5.68. The van der Waals surface area contributed by atoms with Crippen LogP contribution < -0.4 is 16.2 Å². The van der Waals surface area contributed by atoms with E-state index in [0.717, 1.165) is 16.9 Å².